The molecule has 110 valence electrons. The fraction of sp³-hybridized carbons (Fsp3) is 0.400. The first-order valence-corrected chi connectivity index (χ1v) is 6.92. The molecule has 2 atom stereocenters. The van der Waals surface area contributed by atoms with Crippen molar-refractivity contribution in [3.05, 3.63) is 29.6 Å². The number of anilines is 1. The van der Waals surface area contributed by atoms with Crippen LogP contribution in [0.15, 0.2) is 18.2 Å². The second-order valence-corrected chi connectivity index (χ2v) is 5.45. The van der Waals surface area contributed by atoms with Crippen LogP contribution in [0.25, 0.3) is 0 Å². The van der Waals surface area contributed by atoms with E-state index in [-0.39, 0.29) is 5.56 Å². The molecule has 2 aliphatic rings. The number of imide groups is 1. The number of carbonyl (C=O) groups is 3. The topological polar surface area (TPSA) is 74.7 Å². The number of carboxylic acid groups (broad SMARTS) is 1. The van der Waals surface area contributed by atoms with E-state index >= 15 is 0 Å². The summed E-state index contributed by atoms with van der Waals surface area (Å²) in [6.07, 6.45) is 2.92. The molecule has 2 amide bonds. The second-order valence-electron chi connectivity index (χ2n) is 5.45. The van der Waals surface area contributed by atoms with Crippen molar-refractivity contribution in [1.29, 1.82) is 0 Å². The molecule has 1 aliphatic carbocycles. The van der Waals surface area contributed by atoms with Crippen molar-refractivity contribution in [3.63, 3.8) is 0 Å². The number of para-hydroxylation sites is 1. The lowest BCUT2D eigenvalue weighted by atomic mass is 9.81. The average Bonchev–Trinajstić information content (AvgIpc) is 2.72. The number of benzene rings is 1. The Hall–Kier alpha value is -2.24. The van der Waals surface area contributed by atoms with Gasteiger partial charge in [0.1, 0.15) is 11.5 Å². The van der Waals surface area contributed by atoms with Crippen LogP contribution in [0, 0.1) is 17.7 Å². The summed E-state index contributed by atoms with van der Waals surface area (Å²) in [5, 5.41) is 9.17. The third kappa shape index (κ3) is 2.02. The molecule has 1 saturated heterocycles. The van der Waals surface area contributed by atoms with E-state index in [4.69, 9.17) is 5.11 Å². The molecule has 0 radical (unpaired) electrons. The maximum absolute atomic E-state index is 14.1. The number of hydrogen-bond donors (Lipinski definition) is 1. The van der Waals surface area contributed by atoms with E-state index in [1.54, 1.807) is 0 Å². The van der Waals surface area contributed by atoms with Crippen LogP contribution in [0.3, 0.4) is 0 Å². The lowest BCUT2D eigenvalue weighted by molar-refractivity contribution is -0.122. The van der Waals surface area contributed by atoms with Gasteiger partial charge in [-0.3, -0.25) is 9.59 Å². The first-order chi connectivity index (χ1) is 10.0. The van der Waals surface area contributed by atoms with Crippen molar-refractivity contribution < 1.29 is 23.9 Å². The summed E-state index contributed by atoms with van der Waals surface area (Å²) in [7, 11) is 0. The van der Waals surface area contributed by atoms with Crippen molar-refractivity contribution in [2.75, 3.05) is 4.90 Å². The lowest BCUT2D eigenvalue weighted by Gasteiger charge is -2.19. The highest BCUT2D eigenvalue weighted by Crippen LogP contribution is 2.41. The fourth-order valence-electron chi connectivity index (χ4n) is 3.30. The van der Waals surface area contributed by atoms with Gasteiger partial charge >= 0.3 is 5.97 Å². The van der Waals surface area contributed by atoms with Crippen LogP contribution < -0.4 is 4.90 Å². The number of amides is 2. The molecular weight excluding hydrogens is 277 g/mol. The van der Waals surface area contributed by atoms with Gasteiger partial charge in [0.05, 0.1) is 17.4 Å². The molecule has 5 nitrogen and oxygen atoms in total. The molecular formula is C15H14FNO4. The third-order valence-corrected chi connectivity index (χ3v) is 4.28. The monoisotopic (exact) mass is 291 g/mol. The van der Waals surface area contributed by atoms with Gasteiger partial charge in [0, 0.05) is 0 Å². The standard InChI is InChI=1S/C15H14FNO4/c16-11-7-3-6-10(15(20)21)12(11)17-13(18)8-4-1-2-5-9(8)14(17)19/h3,6-9H,1-2,4-5H2,(H,20,21). The van der Waals surface area contributed by atoms with Gasteiger partial charge in [-0.15, -0.1) is 0 Å². The van der Waals surface area contributed by atoms with E-state index < -0.39 is 41.1 Å². The van der Waals surface area contributed by atoms with Crippen LogP contribution in [-0.2, 0) is 9.59 Å². The minimum absolute atomic E-state index is 0.365. The SMILES string of the molecule is O=C(O)c1cccc(F)c1N1C(=O)C2CCCCC2C1=O. The molecule has 2 fully saturated rings. The molecule has 0 spiro atoms. The molecule has 0 bridgehead atoms. The third-order valence-electron chi connectivity index (χ3n) is 4.28. The number of carboxylic acids is 1. The number of carbonyl (C=O) groups excluding carboxylic acids is 2. The van der Waals surface area contributed by atoms with E-state index in [1.165, 1.54) is 12.1 Å². The molecule has 21 heavy (non-hydrogen) atoms. The molecule has 1 aromatic carbocycles. The fourth-order valence-corrected chi connectivity index (χ4v) is 3.30. The van der Waals surface area contributed by atoms with Crippen molar-refractivity contribution in [1.82, 2.24) is 0 Å². The van der Waals surface area contributed by atoms with E-state index in [0.29, 0.717) is 12.8 Å². The number of nitrogens with zero attached hydrogens (tertiary/aromatic N) is 1. The summed E-state index contributed by atoms with van der Waals surface area (Å²) < 4.78 is 14.1. The molecule has 1 aromatic rings. The first-order valence-electron chi connectivity index (χ1n) is 6.92. The van der Waals surface area contributed by atoms with Gasteiger partial charge in [0.2, 0.25) is 11.8 Å². The smallest absolute Gasteiger partial charge is 0.337 e. The summed E-state index contributed by atoms with van der Waals surface area (Å²) in [4.78, 5) is 36.8. The molecule has 6 heteroatoms. The maximum atomic E-state index is 14.1. The van der Waals surface area contributed by atoms with Gasteiger partial charge < -0.3 is 5.11 Å². The van der Waals surface area contributed by atoms with Gasteiger partial charge in [0.15, 0.2) is 0 Å². The normalized spacial score (nSPS) is 25.1. The van der Waals surface area contributed by atoms with E-state index in [1.807, 2.05) is 0 Å². The average molecular weight is 291 g/mol. The second kappa shape index (κ2) is 4.95. The Balaban J connectivity index is 2.11. The number of fused-ring (bicyclic) bond motifs is 1. The zero-order valence-electron chi connectivity index (χ0n) is 11.2. The molecule has 1 heterocycles. The summed E-state index contributed by atoms with van der Waals surface area (Å²) in [5.41, 5.74) is -0.787. The van der Waals surface area contributed by atoms with Gasteiger partial charge in [-0.25, -0.2) is 14.1 Å². The lowest BCUT2D eigenvalue weighted by Crippen LogP contribution is -2.33. The number of hydrogen-bond acceptors (Lipinski definition) is 3. The quantitative estimate of drug-likeness (QED) is 0.848. The van der Waals surface area contributed by atoms with Gasteiger partial charge in [0.25, 0.3) is 0 Å². The van der Waals surface area contributed by atoms with Crippen molar-refractivity contribution in [2.45, 2.75) is 25.7 Å². The van der Waals surface area contributed by atoms with Gasteiger partial charge in [-0.05, 0) is 25.0 Å². The zero-order valence-corrected chi connectivity index (χ0v) is 11.2. The maximum Gasteiger partial charge on any atom is 0.337 e. The largest absolute Gasteiger partial charge is 0.478 e. The Morgan fingerprint density at radius 3 is 2.24 bits per heavy atom. The highest BCUT2D eigenvalue weighted by atomic mass is 19.1. The number of aromatic carboxylic acids is 1. The van der Waals surface area contributed by atoms with Crippen LogP contribution in [0.5, 0.6) is 0 Å². The molecule has 0 aromatic heterocycles. The summed E-state index contributed by atoms with van der Waals surface area (Å²) in [6, 6.07) is 3.51. The van der Waals surface area contributed by atoms with Gasteiger partial charge in [-0.2, -0.15) is 0 Å². The Kier molecular flexibility index (Phi) is 3.23. The van der Waals surface area contributed by atoms with Crippen molar-refractivity contribution >= 4 is 23.5 Å². The zero-order chi connectivity index (χ0) is 15.1. The predicted octanol–water partition coefficient (Wildman–Crippen LogP) is 2.20. The highest BCUT2D eigenvalue weighted by molar-refractivity contribution is 6.23. The molecule has 1 saturated carbocycles. The van der Waals surface area contributed by atoms with Crippen molar-refractivity contribution in [2.24, 2.45) is 11.8 Å². The van der Waals surface area contributed by atoms with Crippen LogP contribution in [0.1, 0.15) is 36.0 Å². The Morgan fingerprint density at radius 2 is 1.71 bits per heavy atom. The highest BCUT2D eigenvalue weighted by Gasteiger charge is 2.50. The van der Waals surface area contributed by atoms with Crippen LogP contribution in [0.2, 0.25) is 0 Å². The van der Waals surface area contributed by atoms with Gasteiger partial charge in [-0.1, -0.05) is 18.9 Å². The first kappa shape index (κ1) is 13.7. The van der Waals surface area contributed by atoms with Crippen molar-refractivity contribution in [3.8, 4) is 0 Å². The van der Waals surface area contributed by atoms with Crippen LogP contribution in [-0.4, -0.2) is 22.9 Å². The van der Waals surface area contributed by atoms with Crippen LogP contribution >= 0.6 is 0 Å². The molecule has 1 N–H and O–H groups in total. The Labute approximate surface area is 120 Å². The summed E-state index contributed by atoms with van der Waals surface area (Å²) in [5.74, 6) is -4.05. The Morgan fingerprint density at radius 1 is 1.14 bits per heavy atom. The molecule has 1 aliphatic heterocycles. The molecule has 2 unspecified atom stereocenters. The Bertz CT molecular complexity index is 619. The van der Waals surface area contributed by atoms with E-state index in [2.05, 4.69) is 0 Å². The predicted molar refractivity (Wildman–Crippen MR) is 71.3 cm³/mol. The van der Waals surface area contributed by atoms with E-state index in [0.717, 1.165) is 23.8 Å². The minimum Gasteiger partial charge on any atom is -0.478 e. The van der Waals surface area contributed by atoms with E-state index in [9.17, 15) is 18.8 Å². The summed E-state index contributed by atoms with van der Waals surface area (Å²) in [6.45, 7) is 0. The molecule has 3 rings (SSSR count). The number of rotatable bonds is 2. The number of halogens is 1. The minimum atomic E-state index is -1.36. The summed E-state index contributed by atoms with van der Waals surface area (Å²) >= 11 is 0. The van der Waals surface area contributed by atoms with Crippen LogP contribution in [0.4, 0.5) is 10.1 Å².